The van der Waals surface area contributed by atoms with Gasteiger partial charge in [0.05, 0.1) is 0 Å². The molecule has 4 N–H and O–H groups in total. The molecule has 0 bridgehead atoms. The van der Waals surface area contributed by atoms with Gasteiger partial charge in [-0.05, 0) is 0 Å². The van der Waals surface area contributed by atoms with Crippen LogP contribution in [0.15, 0.2) is 6.20 Å². The van der Waals surface area contributed by atoms with Crippen LogP contribution in [0.3, 0.4) is 0 Å². The Kier molecular flexibility index (Phi) is 3.53. The van der Waals surface area contributed by atoms with E-state index in [9.17, 15) is 0 Å². The van der Waals surface area contributed by atoms with Crippen LogP contribution in [-0.4, -0.2) is 4.98 Å². The van der Waals surface area contributed by atoms with E-state index >= 15 is 0 Å². The van der Waals surface area contributed by atoms with Gasteiger partial charge in [-0.2, -0.15) is 0 Å². The normalized spacial score (nSPS) is 8.56. The molecule has 0 aliphatic carbocycles. The summed E-state index contributed by atoms with van der Waals surface area (Å²) in [6.45, 7) is 0.537. The topological polar surface area (TPSA) is 64.9 Å². The fraction of sp³-hybridized carbons (Fsp3) is 0.250. The van der Waals surface area contributed by atoms with Gasteiger partial charge in [-0.1, -0.05) is 0 Å². The van der Waals surface area contributed by atoms with Crippen LogP contribution in [0.5, 0.6) is 0 Å². The zero-order chi connectivity index (χ0) is 5.98. The maximum Gasteiger partial charge on any atom is 0.180 e. The Morgan fingerprint density at radius 2 is 2.33 bits per heavy atom. The summed E-state index contributed by atoms with van der Waals surface area (Å²) in [4.78, 5) is 4.83. The molecule has 0 unspecified atom stereocenters. The fourth-order valence-electron chi connectivity index (χ4n) is 0.417. The SMILES string of the molecule is Cl.NCc1cnc(N)s1. The highest BCUT2D eigenvalue weighted by molar-refractivity contribution is 7.15. The molecular weight excluding hydrogens is 158 g/mol. The molecule has 3 nitrogen and oxygen atoms in total. The first-order valence-corrected chi connectivity index (χ1v) is 3.05. The summed E-state index contributed by atoms with van der Waals surface area (Å²) in [7, 11) is 0. The highest BCUT2D eigenvalue weighted by Gasteiger charge is 1.92. The number of aromatic nitrogens is 1. The molecule has 0 amide bonds. The van der Waals surface area contributed by atoms with E-state index in [2.05, 4.69) is 4.98 Å². The molecule has 1 rings (SSSR count). The fourth-order valence-corrected chi connectivity index (χ4v) is 0.980. The minimum atomic E-state index is 0. The predicted molar refractivity (Wildman–Crippen MR) is 41.7 cm³/mol. The smallest absolute Gasteiger partial charge is 0.180 e. The number of hydrogen-bond donors (Lipinski definition) is 2. The first-order chi connectivity index (χ1) is 3.83. The number of nitrogen functional groups attached to an aromatic ring is 1. The second-order valence-corrected chi connectivity index (χ2v) is 2.52. The first kappa shape index (κ1) is 8.68. The van der Waals surface area contributed by atoms with Crippen molar-refractivity contribution < 1.29 is 0 Å². The van der Waals surface area contributed by atoms with Gasteiger partial charge < -0.3 is 11.5 Å². The van der Waals surface area contributed by atoms with Gasteiger partial charge in [0.2, 0.25) is 0 Å². The Labute approximate surface area is 63.5 Å². The van der Waals surface area contributed by atoms with Gasteiger partial charge in [0.1, 0.15) is 0 Å². The van der Waals surface area contributed by atoms with Gasteiger partial charge in [-0.15, -0.1) is 23.7 Å². The zero-order valence-electron chi connectivity index (χ0n) is 4.70. The Morgan fingerprint density at radius 3 is 2.56 bits per heavy atom. The second kappa shape index (κ2) is 3.66. The summed E-state index contributed by atoms with van der Waals surface area (Å²) >= 11 is 1.43. The average Bonchev–Trinajstić information content (AvgIpc) is 2.14. The summed E-state index contributed by atoms with van der Waals surface area (Å²) in [5.74, 6) is 0. The van der Waals surface area contributed by atoms with E-state index in [0.717, 1.165) is 4.88 Å². The number of halogens is 1. The molecular formula is C4H8ClN3S. The number of nitrogens with two attached hydrogens (primary N) is 2. The third kappa shape index (κ3) is 2.17. The van der Waals surface area contributed by atoms with Gasteiger partial charge in [-0.3, -0.25) is 0 Å². The highest BCUT2D eigenvalue weighted by Crippen LogP contribution is 2.12. The second-order valence-electron chi connectivity index (χ2n) is 1.37. The van der Waals surface area contributed by atoms with E-state index in [-0.39, 0.29) is 12.4 Å². The van der Waals surface area contributed by atoms with Crippen LogP contribution in [-0.2, 0) is 6.54 Å². The van der Waals surface area contributed by atoms with Gasteiger partial charge in [0.25, 0.3) is 0 Å². The summed E-state index contributed by atoms with van der Waals surface area (Å²) in [5.41, 5.74) is 10.6. The minimum absolute atomic E-state index is 0. The maximum atomic E-state index is 5.31. The van der Waals surface area contributed by atoms with E-state index in [4.69, 9.17) is 11.5 Å². The van der Waals surface area contributed by atoms with E-state index in [1.165, 1.54) is 11.3 Å². The van der Waals surface area contributed by atoms with Crippen molar-refractivity contribution in [3.05, 3.63) is 11.1 Å². The van der Waals surface area contributed by atoms with E-state index < -0.39 is 0 Å². The molecule has 0 spiro atoms. The van der Waals surface area contributed by atoms with Crippen molar-refractivity contribution in [2.75, 3.05) is 5.73 Å². The molecule has 0 saturated carbocycles. The van der Waals surface area contributed by atoms with E-state index in [1.54, 1.807) is 6.20 Å². The Hall–Kier alpha value is -0.320. The summed E-state index contributed by atoms with van der Waals surface area (Å²) < 4.78 is 0. The molecule has 5 heteroatoms. The largest absolute Gasteiger partial charge is 0.375 e. The molecule has 0 aliphatic rings. The maximum absolute atomic E-state index is 5.31. The molecule has 1 heterocycles. The van der Waals surface area contributed by atoms with Crippen molar-refractivity contribution in [3.63, 3.8) is 0 Å². The molecule has 1 aromatic rings. The van der Waals surface area contributed by atoms with Gasteiger partial charge >= 0.3 is 0 Å². The van der Waals surface area contributed by atoms with Crippen LogP contribution in [0.4, 0.5) is 5.13 Å². The van der Waals surface area contributed by atoms with Crippen molar-refractivity contribution >= 4 is 28.9 Å². The molecule has 0 aromatic carbocycles. The van der Waals surface area contributed by atoms with Crippen molar-refractivity contribution in [1.82, 2.24) is 4.98 Å². The zero-order valence-corrected chi connectivity index (χ0v) is 6.34. The van der Waals surface area contributed by atoms with Crippen LogP contribution in [0, 0.1) is 0 Å². The lowest BCUT2D eigenvalue weighted by molar-refractivity contribution is 1.10. The molecule has 9 heavy (non-hydrogen) atoms. The van der Waals surface area contributed by atoms with Crippen LogP contribution >= 0.6 is 23.7 Å². The van der Waals surface area contributed by atoms with Crippen LogP contribution < -0.4 is 11.5 Å². The average molecular weight is 166 g/mol. The highest BCUT2D eigenvalue weighted by atomic mass is 35.5. The van der Waals surface area contributed by atoms with Gasteiger partial charge in [0, 0.05) is 17.6 Å². The van der Waals surface area contributed by atoms with Crippen molar-refractivity contribution in [3.8, 4) is 0 Å². The molecule has 0 fully saturated rings. The summed E-state index contributed by atoms with van der Waals surface area (Å²) in [6, 6.07) is 0. The molecule has 0 radical (unpaired) electrons. The Balaban J connectivity index is 0.000000640. The predicted octanol–water partition coefficient (Wildman–Crippen LogP) is 0.606. The third-order valence-electron chi connectivity index (χ3n) is 0.773. The van der Waals surface area contributed by atoms with Crippen molar-refractivity contribution in [1.29, 1.82) is 0 Å². The Morgan fingerprint density at radius 1 is 1.67 bits per heavy atom. The van der Waals surface area contributed by atoms with Crippen LogP contribution in [0.1, 0.15) is 4.88 Å². The Bertz CT molecular complexity index is 176. The third-order valence-corrected chi connectivity index (χ3v) is 1.62. The van der Waals surface area contributed by atoms with Crippen molar-refractivity contribution in [2.45, 2.75) is 6.54 Å². The lowest BCUT2D eigenvalue weighted by Crippen LogP contribution is -1.91. The molecule has 0 saturated heterocycles. The lowest BCUT2D eigenvalue weighted by atomic mass is 10.6. The number of rotatable bonds is 1. The van der Waals surface area contributed by atoms with Gasteiger partial charge in [-0.25, -0.2) is 4.98 Å². The molecule has 0 atom stereocenters. The van der Waals surface area contributed by atoms with Crippen LogP contribution in [0.2, 0.25) is 0 Å². The van der Waals surface area contributed by atoms with E-state index in [0.29, 0.717) is 11.7 Å². The van der Waals surface area contributed by atoms with Crippen molar-refractivity contribution in [2.24, 2.45) is 5.73 Å². The quantitative estimate of drug-likeness (QED) is 0.641. The monoisotopic (exact) mass is 165 g/mol. The number of anilines is 1. The van der Waals surface area contributed by atoms with Crippen LogP contribution in [0.25, 0.3) is 0 Å². The number of nitrogens with zero attached hydrogens (tertiary/aromatic N) is 1. The number of hydrogen-bond acceptors (Lipinski definition) is 4. The standard InChI is InChI=1S/C4H7N3S.ClH/c5-1-3-2-7-4(6)8-3;/h2H,1,5H2,(H2,6,7);1H. The van der Waals surface area contributed by atoms with Gasteiger partial charge in [0.15, 0.2) is 5.13 Å². The van der Waals surface area contributed by atoms with E-state index in [1.807, 2.05) is 0 Å². The summed E-state index contributed by atoms with van der Waals surface area (Å²) in [5, 5.41) is 0.588. The molecule has 52 valence electrons. The lowest BCUT2D eigenvalue weighted by Gasteiger charge is -1.79. The molecule has 0 aliphatic heterocycles. The summed E-state index contributed by atoms with van der Waals surface area (Å²) in [6.07, 6.45) is 1.69. The molecule has 1 aromatic heterocycles. The minimum Gasteiger partial charge on any atom is -0.375 e. The first-order valence-electron chi connectivity index (χ1n) is 2.23. The number of thiazole rings is 1.